The van der Waals surface area contributed by atoms with Crippen LogP contribution < -0.4 is 5.73 Å². The molecule has 9 heteroatoms. The van der Waals surface area contributed by atoms with Gasteiger partial charge in [0, 0.05) is 58.5 Å². The summed E-state index contributed by atoms with van der Waals surface area (Å²) >= 11 is 1.54. The fraction of sp³-hybridized carbons (Fsp3) is 0.382. The number of likely N-dealkylation sites (N-methyl/N-ethyl adjacent to an activating group) is 3. The standard InChI is InChI=1S/C34H45N5O3S/c1-34(2,35)21-11-16-31(40)37(5)29(23-25-17-19-27(20-18-25)26-13-9-8-10-14-26)32(41)38(6)30(24-28-15-12-22-43-28)33(42)39(7)36(3)4/h8-20,22,29-30H,21,23-24,35H2,1-7H3/b16-11+/t29-,30-/m1/s1. The molecule has 0 bridgehead atoms. The van der Waals surface area contributed by atoms with Crippen molar-refractivity contribution < 1.29 is 14.4 Å². The van der Waals surface area contributed by atoms with Crippen LogP contribution >= 0.6 is 11.3 Å². The van der Waals surface area contributed by atoms with Crippen LogP contribution in [0.4, 0.5) is 0 Å². The predicted molar refractivity (Wildman–Crippen MR) is 175 cm³/mol. The number of nitrogens with zero attached hydrogens (tertiary/aromatic N) is 4. The van der Waals surface area contributed by atoms with E-state index in [4.69, 9.17) is 5.73 Å². The third-order valence-electron chi connectivity index (χ3n) is 7.49. The van der Waals surface area contributed by atoms with E-state index in [1.165, 1.54) is 20.9 Å². The van der Waals surface area contributed by atoms with Crippen molar-refractivity contribution in [2.45, 2.75) is 50.7 Å². The Labute approximate surface area is 260 Å². The molecule has 43 heavy (non-hydrogen) atoms. The van der Waals surface area contributed by atoms with Crippen LogP contribution in [0.1, 0.15) is 30.7 Å². The minimum atomic E-state index is -0.834. The van der Waals surface area contributed by atoms with Gasteiger partial charge >= 0.3 is 0 Å². The van der Waals surface area contributed by atoms with E-state index in [-0.39, 0.29) is 17.7 Å². The molecule has 230 valence electrons. The van der Waals surface area contributed by atoms with E-state index < -0.39 is 17.6 Å². The molecule has 0 fully saturated rings. The summed E-state index contributed by atoms with van der Waals surface area (Å²) in [5.74, 6) is -0.819. The van der Waals surface area contributed by atoms with Gasteiger partial charge in [-0.2, -0.15) is 0 Å². The molecule has 3 rings (SSSR count). The molecule has 3 amide bonds. The van der Waals surface area contributed by atoms with Crippen LogP contribution in [0.15, 0.2) is 84.3 Å². The van der Waals surface area contributed by atoms with Gasteiger partial charge in [-0.1, -0.05) is 66.7 Å². The van der Waals surface area contributed by atoms with E-state index in [1.807, 2.05) is 86.0 Å². The van der Waals surface area contributed by atoms with Crippen LogP contribution in [-0.4, -0.2) is 90.4 Å². The molecule has 8 nitrogen and oxygen atoms in total. The highest BCUT2D eigenvalue weighted by Gasteiger charge is 2.36. The number of benzene rings is 2. The smallest absolute Gasteiger partial charge is 0.259 e. The number of carbonyl (C=O) groups is 3. The number of hydrogen-bond acceptors (Lipinski definition) is 6. The van der Waals surface area contributed by atoms with Crippen molar-refractivity contribution in [3.05, 3.63) is 94.7 Å². The van der Waals surface area contributed by atoms with Crippen molar-refractivity contribution >= 4 is 29.1 Å². The maximum atomic E-state index is 14.3. The van der Waals surface area contributed by atoms with Gasteiger partial charge in [-0.3, -0.25) is 19.4 Å². The zero-order valence-electron chi connectivity index (χ0n) is 26.4. The first-order valence-corrected chi connectivity index (χ1v) is 15.3. The minimum absolute atomic E-state index is 0.209. The van der Waals surface area contributed by atoms with Gasteiger partial charge in [0.2, 0.25) is 11.8 Å². The first-order chi connectivity index (χ1) is 20.3. The van der Waals surface area contributed by atoms with E-state index in [0.29, 0.717) is 19.3 Å². The van der Waals surface area contributed by atoms with E-state index in [2.05, 4.69) is 0 Å². The zero-order chi connectivity index (χ0) is 31.7. The summed E-state index contributed by atoms with van der Waals surface area (Å²) in [6.45, 7) is 3.78. The van der Waals surface area contributed by atoms with Gasteiger partial charge < -0.3 is 15.5 Å². The molecule has 1 aromatic heterocycles. The Balaban J connectivity index is 1.94. The van der Waals surface area contributed by atoms with Crippen LogP contribution in [0.5, 0.6) is 0 Å². The molecule has 0 aliphatic heterocycles. The molecule has 0 saturated carbocycles. The van der Waals surface area contributed by atoms with Crippen LogP contribution in [0.25, 0.3) is 11.1 Å². The lowest BCUT2D eigenvalue weighted by atomic mass is 9.98. The summed E-state index contributed by atoms with van der Waals surface area (Å²) < 4.78 is 0. The molecule has 2 N–H and O–H groups in total. The van der Waals surface area contributed by atoms with Gasteiger partial charge in [0.15, 0.2) is 0 Å². The summed E-state index contributed by atoms with van der Waals surface area (Å²) in [5, 5.41) is 5.15. The predicted octanol–water partition coefficient (Wildman–Crippen LogP) is 4.47. The van der Waals surface area contributed by atoms with Crippen LogP contribution in [0, 0.1) is 0 Å². The SMILES string of the molecule is CN(C(=O)/C=C/CC(C)(C)N)[C@H](Cc1ccc(-c2ccccc2)cc1)C(=O)N(C)[C@H](Cc1cccs1)C(=O)N(C)N(C)C. The maximum absolute atomic E-state index is 14.3. The molecule has 0 aliphatic rings. The van der Waals surface area contributed by atoms with Crippen molar-refractivity contribution in [3.63, 3.8) is 0 Å². The first kappa shape index (κ1) is 33.7. The van der Waals surface area contributed by atoms with E-state index in [0.717, 1.165) is 21.6 Å². The third-order valence-corrected chi connectivity index (χ3v) is 8.39. The lowest BCUT2D eigenvalue weighted by molar-refractivity contribution is -0.154. The molecular weight excluding hydrogens is 558 g/mol. The van der Waals surface area contributed by atoms with Crippen molar-refractivity contribution in [2.75, 3.05) is 35.2 Å². The molecule has 0 radical (unpaired) electrons. The van der Waals surface area contributed by atoms with Crippen LogP contribution in [0.3, 0.4) is 0 Å². The van der Waals surface area contributed by atoms with Gasteiger partial charge in [0.05, 0.1) is 0 Å². The third kappa shape index (κ3) is 9.61. The number of carbonyl (C=O) groups excluding carboxylic acids is 3. The molecule has 0 spiro atoms. The molecular formula is C34H45N5O3S. The topological polar surface area (TPSA) is 90.2 Å². The lowest BCUT2D eigenvalue weighted by Gasteiger charge is -2.36. The average molecular weight is 604 g/mol. The van der Waals surface area contributed by atoms with Gasteiger partial charge in [-0.05, 0) is 54.5 Å². The molecule has 1 heterocycles. The fourth-order valence-corrected chi connectivity index (χ4v) is 5.37. The monoisotopic (exact) mass is 603 g/mol. The second-order valence-corrected chi connectivity index (χ2v) is 12.8. The van der Waals surface area contributed by atoms with Crippen molar-refractivity contribution in [3.8, 4) is 11.1 Å². The van der Waals surface area contributed by atoms with Crippen LogP contribution in [0.2, 0.25) is 0 Å². The largest absolute Gasteiger partial charge is 0.331 e. The van der Waals surface area contributed by atoms with Crippen molar-refractivity contribution in [1.82, 2.24) is 19.8 Å². The molecule has 2 aromatic carbocycles. The number of hydrogen-bond donors (Lipinski definition) is 1. The fourth-order valence-electron chi connectivity index (χ4n) is 4.62. The Morgan fingerprint density at radius 1 is 0.791 bits per heavy atom. The highest BCUT2D eigenvalue weighted by molar-refractivity contribution is 7.09. The summed E-state index contributed by atoms with van der Waals surface area (Å²) in [6.07, 6.45) is 4.40. The number of hydrazine groups is 1. The number of thiophene rings is 1. The van der Waals surface area contributed by atoms with Gasteiger partial charge in [-0.15, -0.1) is 11.3 Å². The average Bonchev–Trinajstić information content (AvgIpc) is 3.50. The Hall–Kier alpha value is -3.79. The van der Waals surface area contributed by atoms with Gasteiger partial charge in [0.25, 0.3) is 5.91 Å². The minimum Gasteiger partial charge on any atom is -0.331 e. The molecule has 2 atom stereocenters. The summed E-state index contributed by atoms with van der Waals surface area (Å²) in [4.78, 5) is 45.2. The Morgan fingerprint density at radius 2 is 1.40 bits per heavy atom. The maximum Gasteiger partial charge on any atom is 0.259 e. The van der Waals surface area contributed by atoms with E-state index >= 15 is 0 Å². The van der Waals surface area contributed by atoms with Crippen LogP contribution in [-0.2, 0) is 27.2 Å². The lowest BCUT2D eigenvalue weighted by Crippen LogP contribution is -2.57. The van der Waals surface area contributed by atoms with Crippen molar-refractivity contribution in [2.24, 2.45) is 5.73 Å². The van der Waals surface area contributed by atoms with Gasteiger partial charge in [-0.25, -0.2) is 5.01 Å². The van der Waals surface area contributed by atoms with Crippen molar-refractivity contribution in [1.29, 1.82) is 0 Å². The van der Waals surface area contributed by atoms with Gasteiger partial charge in [0.1, 0.15) is 12.1 Å². The second-order valence-electron chi connectivity index (χ2n) is 11.8. The van der Waals surface area contributed by atoms with E-state index in [9.17, 15) is 14.4 Å². The first-order valence-electron chi connectivity index (χ1n) is 14.4. The Kier molecular flexibility index (Phi) is 11.8. The quantitative estimate of drug-likeness (QED) is 0.230. The summed E-state index contributed by atoms with van der Waals surface area (Å²) in [5.41, 5.74) is 8.70. The number of amides is 3. The zero-order valence-corrected chi connectivity index (χ0v) is 27.2. The molecule has 0 aliphatic carbocycles. The number of rotatable bonds is 13. The molecule has 0 saturated heterocycles. The van der Waals surface area contributed by atoms with E-state index in [1.54, 1.807) is 57.7 Å². The second kappa shape index (κ2) is 15.1. The molecule has 0 unspecified atom stereocenters. The summed E-state index contributed by atoms with van der Waals surface area (Å²) in [6, 6.07) is 20.4. The number of nitrogens with two attached hydrogens (primary N) is 1. The Morgan fingerprint density at radius 3 is 1.95 bits per heavy atom. The highest BCUT2D eigenvalue weighted by Crippen LogP contribution is 2.22. The summed E-state index contributed by atoms with van der Waals surface area (Å²) in [7, 11) is 8.54. The molecule has 3 aromatic rings. The normalized spacial score (nSPS) is 13.1. The Bertz CT molecular complexity index is 1370. The highest BCUT2D eigenvalue weighted by atomic mass is 32.1.